The fourth-order valence-electron chi connectivity index (χ4n) is 2.02. The number of carbonyl (C=O) groups is 3. The summed E-state index contributed by atoms with van der Waals surface area (Å²) in [7, 11) is 0. The smallest absolute Gasteiger partial charge is 0.426 e. The molecular formula is C17H23N5O6. The van der Waals surface area contributed by atoms with E-state index in [1.54, 1.807) is 39.0 Å². The van der Waals surface area contributed by atoms with Crippen LogP contribution in [0.5, 0.6) is 0 Å². The molecule has 1 heterocycles. The highest BCUT2D eigenvalue weighted by molar-refractivity contribution is 5.97. The molecule has 0 saturated carbocycles. The standard InChI is InChI=1S/C17H23N5O6/c1-17(2,3)27-16(25)20-19-14(23)6-8-26-9-7-18-15(24)11-4-5-12-13(10-11)22-28-21-12/h4-5,10H,6-9H2,1-3H3,(H,18,24)(H,19,23)(H,20,25). The van der Waals surface area contributed by atoms with E-state index in [1.807, 2.05) is 0 Å². The van der Waals surface area contributed by atoms with Gasteiger partial charge in [0.2, 0.25) is 5.91 Å². The lowest BCUT2D eigenvalue weighted by atomic mass is 10.2. The second-order valence-electron chi connectivity index (χ2n) is 6.76. The lowest BCUT2D eigenvalue weighted by Gasteiger charge is -2.19. The van der Waals surface area contributed by atoms with Gasteiger partial charge in [-0.25, -0.2) is 14.8 Å². The third-order valence-electron chi connectivity index (χ3n) is 3.22. The number of benzene rings is 1. The average molecular weight is 393 g/mol. The zero-order valence-electron chi connectivity index (χ0n) is 15.9. The number of rotatable bonds is 7. The Labute approximate surface area is 161 Å². The average Bonchev–Trinajstić information content (AvgIpc) is 3.09. The van der Waals surface area contributed by atoms with Crippen molar-refractivity contribution in [3.05, 3.63) is 23.8 Å². The van der Waals surface area contributed by atoms with Crippen LogP contribution < -0.4 is 16.2 Å². The molecule has 0 aliphatic heterocycles. The van der Waals surface area contributed by atoms with Crippen LogP contribution in [0.4, 0.5) is 4.79 Å². The minimum atomic E-state index is -0.746. The maximum Gasteiger partial charge on any atom is 0.426 e. The number of hydrazine groups is 1. The van der Waals surface area contributed by atoms with Crippen molar-refractivity contribution in [1.82, 2.24) is 26.5 Å². The van der Waals surface area contributed by atoms with Crippen LogP contribution in [0, 0.1) is 0 Å². The van der Waals surface area contributed by atoms with E-state index in [4.69, 9.17) is 9.47 Å². The van der Waals surface area contributed by atoms with Crippen molar-refractivity contribution in [2.45, 2.75) is 32.8 Å². The molecule has 0 unspecified atom stereocenters. The van der Waals surface area contributed by atoms with E-state index in [9.17, 15) is 14.4 Å². The molecule has 0 radical (unpaired) electrons. The molecule has 0 aliphatic rings. The number of hydrogen-bond acceptors (Lipinski definition) is 8. The van der Waals surface area contributed by atoms with Crippen molar-refractivity contribution in [1.29, 1.82) is 0 Å². The summed E-state index contributed by atoms with van der Waals surface area (Å²) in [5, 5.41) is 10.0. The van der Waals surface area contributed by atoms with E-state index in [2.05, 4.69) is 31.1 Å². The molecule has 0 fully saturated rings. The van der Waals surface area contributed by atoms with Gasteiger partial charge in [-0.2, -0.15) is 0 Å². The quantitative estimate of drug-likeness (QED) is 0.465. The maximum absolute atomic E-state index is 12.0. The summed E-state index contributed by atoms with van der Waals surface area (Å²) in [6, 6.07) is 4.83. The Balaban J connectivity index is 1.55. The molecule has 2 rings (SSSR count). The minimum absolute atomic E-state index is 0.0412. The lowest BCUT2D eigenvalue weighted by molar-refractivity contribution is -0.123. The summed E-state index contributed by atoms with van der Waals surface area (Å²) in [5.41, 5.74) is 5.20. The fourth-order valence-corrected chi connectivity index (χ4v) is 2.02. The zero-order valence-corrected chi connectivity index (χ0v) is 15.9. The Morgan fingerprint density at radius 1 is 1.07 bits per heavy atom. The van der Waals surface area contributed by atoms with Crippen molar-refractivity contribution in [3.8, 4) is 0 Å². The van der Waals surface area contributed by atoms with Gasteiger partial charge in [-0.1, -0.05) is 0 Å². The first kappa shape index (κ1) is 21.1. The summed E-state index contributed by atoms with van der Waals surface area (Å²) >= 11 is 0. The summed E-state index contributed by atoms with van der Waals surface area (Å²) in [6.45, 7) is 5.77. The van der Waals surface area contributed by atoms with Crippen LogP contribution in [0.2, 0.25) is 0 Å². The molecule has 0 spiro atoms. The number of hydrogen-bond donors (Lipinski definition) is 3. The van der Waals surface area contributed by atoms with Gasteiger partial charge in [-0.15, -0.1) is 0 Å². The first-order valence-electron chi connectivity index (χ1n) is 8.61. The molecule has 0 atom stereocenters. The van der Waals surface area contributed by atoms with Crippen LogP contribution in [0.3, 0.4) is 0 Å². The predicted molar refractivity (Wildman–Crippen MR) is 97.1 cm³/mol. The van der Waals surface area contributed by atoms with Crippen molar-refractivity contribution in [2.24, 2.45) is 0 Å². The molecule has 3 amide bonds. The number of nitrogens with zero attached hydrogens (tertiary/aromatic N) is 2. The van der Waals surface area contributed by atoms with Gasteiger partial charge in [-0.05, 0) is 49.3 Å². The molecule has 11 nitrogen and oxygen atoms in total. The van der Waals surface area contributed by atoms with E-state index in [1.165, 1.54) is 0 Å². The normalized spacial score (nSPS) is 11.1. The highest BCUT2D eigenvalue weighted by Crippen LogP contribution is 2.11. The van der Waals surface area contributed by atoms with Crippen LogP contribution in [0.1, 0.15) is 37.6 Å². The van der Waals surface area contributed by atoms with Gasteiger partial charge in [0.25, 0.3) is 5.91 Å². The Bertz CT molecular complexity index is 829. The highest BCUT2D eigenvalue weighted by Gasteiger charge is 2.16. The Morgan fingerprint density at radius 3 is 2.57 bits per heavy atom. The number of ether oxygens (including phenoxy) is 2. The predicted octanol–water partition coefficient (Wildman–Crippen LogP) is 0.915. The maximum atomic E-state index is 12.0. The molecule has 1 aromatic heterocycles. The third kappa shape index (κ3) is 7.19. The Morgan fingerprint density at radius 2 is 1.82 bits per heavy atom. The lowest BCUT2D eigenvalue weighted by Crippen LogP contribution is -2.44. The van der Waals surface area contributed by atoms with Gasteiger partial charge in [0.1, 0.15) is 16.6 Å². The molecule has 0 saturated heterocycles. The van der Waals surface area contributed by atoms with Gasteiger partial charge in [0.15, 0.2) is 0 Å². The number of fused-ring (bicyclic) bond motifs is 1. The highest BCUT2D eigenvalue weighted by atomic mass is 16.6. The first-order chi connectivity index (χ1) is 13.2. The van der Waals surface area contributed by atoms with Gasteiger partial charge in [-0.3, -0.25) is 15.0 Å². The van der Waals surface area contributed by atoms with Gasteiger partial charge in [0, 0.05) is 12.1 Å². The van der Waals surface area contributed by atoms with Crippen molar-refractivity contribution in [2.75, 3.05) is 19.8 Å². The fraction of sp³-hybridized carbons (Fsp3) is 0.471. The first-order valence-corrected chi connectivity index (χ1v) is 8.61. The van der Waals surface area contributed by atoms with Crippen LogP contribution >= 0.6 is 0 Å². The van der Waals surface area contributed by atoms with Crippen LogP contribution in [0.25, 0.3) is 11.0 Å². The number of nitrogens with one attached hydrogen (secondary N) is 3. The summed E-state index contributed by atoms with van der Waals surface area (Å²) < 4.78 is 14.8. The van der Waals surface area contributed by atoms with E-state index >= 15 is 0 Å². The number of amides is 3. The van der Waals surface area contributed by atoms with Crippen LogP contribution in [0.15, 0.2) is 22.8 Å². The monoisotopic (exact) mass is 393 g/mol. The summed E-state index contributed by atoms with van der Waals surface area (Å²) in [5.74, 6) is -0.711. The summed E-state index contributed by atoms with van der Waals surface area (Å²) in [4.78, 5) is 35.0. The van der Waals surface area contributed by atoms with Crippen LogP contribution in [-0.4, -0.2) is 53.6 Å². The van der Waals surface area contributed by atoms with Gasteiger partial charge in [0.05, 0.1) is 19.6 Å². The number of carbonyl (C=O) groups excluding carboxylic acids is 3. The third-order valence-corrected chi connectivity index (χ3v) is 3.22. The van der Waals surface area contributed by atoms with E-state index in [0.717, 1.165) is 0 Å². The van der Waals surface area contributed by atoms with Crippen LogP contribution in [-0.2, 0) is 14.3 Å². The van der Waals surface area contributed by atoms with Crippen molar-refractivity contribution < 1.29 is 28.5 Å². The second kappa shape index (κ2) is 9.65. The largest absolute Gasteiger partial charge is 0.443 e. The molecule has 0 aliphatic carbocycles. The van der Waals surface area contributed by atoms with E-state index in [-0.39, 0.29) is 32.1 Å². The Kier molecular flexibility index (Phi) is 7.27. The molecule has 3 N–H and O–H groups in total. The van der Waals surface area contributed by atoms with E-state index in [0.29, 0.717) is 16.6 Å². The van der Waals surface area contributed by atoms with Crippen molar-refractivity contribution in [3.63, 3.8) is 0 Å². The molecule has 1 aromatic carbocycles. The van der Waals surface area contributed by atoms with Gasteiger partial charge < -0.3 is 14.8 Å². The second-order valence-corrected chi connectivity index (χ2v) is 6.76. The van der Waals surface area contributed by atoms with Gasteiger partial charge >= 0.3 is 6.09 Å². The molecule has 2 aromatic rings. The SMILES string of the molecule is CC(C)(C)OC(=O)NNC(=O)CCOCCNC(=O)c1ccc2nonc2c1. The minimum Gasteiger partial charge on any atom is -0.443 e. The molecular weight excluding hydrogens is 370 g/mol. The number of aromatic nitrogens is 2. The Hall–Kier alpha value is -3.21. The molecule has 152 valence electrons. The zero-order chi connectivity index (χ0) is 20.6. The molecule has 28 heavy (non-hydrogen) atoms. The molecule has 11 heteroatoms. The summed E-state index contributed by atoms with van der Waals surface area (Å²) in [6.07, 6.45) is -0.705. The van der Waals surface area contributed by atoms with E-state index < -0.39 is 17.6 Å². The topological polar surface area (TPSA) is 145 Å². The molecule has 0 bridgehead atoms. The van der Waals surface area contributed by atoms with Crippen molar-refractivity contribution >= 4 is 28.9 Å².